The van der Waals surface area contributed by atoms with E-state index in [4.69, 9.17) is 5.73 Å². The average Bonchev–Trinajstić information content (AvgIpc) is 2.74. The Morgan fingerprint density at radius 1 is 0.933 bits per heavy atom. The maximum atomic E-state index is 12.3. The quantitative estimate of drug-likeness (QED) is 0.518. The Kier molecular flexibility index (Phi) is 7.43. The minimum Gasteiger partial charge on any atom is -0.399 e. The van der Waals surface area contributed by atoms with Crippen molar-refractivity contribution in [3.63, 3.8) is 0 Å². The molecule has 1 heterocycles. The van der Waals surface area contributed by atoms with Crippen molar-refractivity contribution in [2.75, 3.05) is 24.1 Å². The Labute approximate surface area is 176 Å². The molecule has 3 rings (SSSR count). The van der Waals surface area contributed by atoms with Crippen molar-refractivity contribution in [1.29, 1.82) is 0 Å². The number of anilines is 2. The molecule has 1 saturated heterocycles. The highest BCUT2D eigenvalue weighted by atomic mass is 16.3. The van der Waals surface area contributed by atoms with E-state index in [-0.39, 0.29) is 18.4 Å². The summed E-state index contributed by atoms with van der Waals surface area (Å²) in [6.07, 6.45) is 0.745. The number of β-amino-alcohol motifs (C(OH)–C–C–N with tert-alkyl or cyclic N) is 1. The van der Waals surface area contributed by atoms with Gasteiger partial charge in [-0.3, -0.25) is 9.59 Å². The number of aliphatic hydroxyl groups is 2. The maximum Gasteiger partial charge on any atom is 0.224 e. The molecule has 1 fully saturated rings. The van der Waals surface area contributed by atoms with E-state index in [2.05, 4.69) is 5.32 Å². The van der Waals surface area contributed by atoms with Crippen LogP contribution in [-0.4, -0.2) is 52.2 Å². The first kappa shape index (κ1) is 21.8. The van der Waals surface area contributed by atoms with Gasteiger partial charge in [0.25, 0.3) is 0 Å². The van der Waals surface area contributed by atoms with E-state index in [1.807, 2.05) is 48.5 Å². The first-order valence-corrected chi connectivity index (χ1v) is 10.3. The van der Waals surface area contributed by atoms with E-state index in [9.17, 15) is 19.8 Å². The van der Waals surface area contributed by atoms with Gasteiger partial charge in [0.2, 0.25) is 11.8 Å². The molecule has 2 atom stereocenters. The molecule has 1 aliphatic rings. The molecule has 0 saturated carbocycles. The molecule has 0 unspecified atom stereocenters. The molecular weight excluding hydrogens is 382 g/mol. The number of rotatable bonds is 7. The normalized spacial score (nSPS) is 18.8. The van der Waals surface area contributed by atoms with Gasteiger partial charge in [-0.15, -0.1) is 0 Å². The number of benzene rings is 2. The number of amides is 2. The van der Waals surface area contributed by atoms with Crippen LogP contribution in [0, 0.1) is 0 Å². The second-order valence-electron chi connectivity index (χ2n) is 7.75. The van der Waals surface area contributed by atoms with Crippen LogP contribution in [0.15, 0.2) is 48.5 Å². The molecule has 7 heteroatoms. The first-order chi connectivity index (χ1) is 14.4. The van der Waals surface area contributed by atoms with Crippen molar-refractivity contribution in [1.82, 2.24) is 4.90 Å². The third-order valence-corrected chi connectivity index (χ3v) is 5.38. The smallest absolute Gasteiger partial charge is 0.224 e. The van der Waals surface area contributed by atoms with Gasteiger partial charge in [0.1, 0.15) is 0 Å². The van der Waals surface area contributed by atoms with Gasteiger partial charge < -0.3 is 26.2 Å². The van der Waals surface area contributed by atoms with Crippen LogP contribution in [0.5, 0.6) is 0 Å². The highest BCUT2D eigenvalue weighted by molar-refractivity contribution is 5.90. The highest BCUT2D eigenvalue weighted by Crippen LogP contribution is 2.15. The van der Waals surface area contributed by atoms with Crippen LogP contribution in [0.4, 0.5) is 11.4 Å². The maximum absolute atomic E-state index is 12.3. The minimum absolute atomic E-state index is 0.0269. The summed E-state index contributed by atoms with van der Waals surface area (Å²) in [6.45, 7) is 0.653. The summed E-state index contributed by atoms with van der Waals surface area (Å²) < 4.78 is 0. The second-order valence-corrected chi connectivity index (χ2v) is 7.75. The Bertz CT molecular complexity index is 852. The minimum atomic E-state index is -0.870. The number of nitrogens with one attached hydrogen (secondary N) is 1. The molecule has 2 aromatic carbocycles. The topological polar surface area (TPSA) is 116 Å². The monoisotopic (exact) mass is 411 g/mol. The second kappa shape index (κ2) is 10.2. The number of carbonyl (C=O) groups excluding carboxylic acids is 2. The van der Waals surface area contributed by atoms with Crippen LogP contribution in [0.25, 0.3) is 0 Å². The van der Waals surface area contributed by atoms with Gasteiger partial charge in [-0.1, -0.05) is 24.3 Å². The Hall–Kier alpha value is -2.90. The van der Waals surface area contributed by atoms with E-state index in [1.54, 1.807) is 4.90 Å². The van der Waals surface area contributed by atoms with E-state index in [1.165, 1.54) is 0 Å². The summed E-state index contributed by atoms with van der Waals surface area (Å²) >= 11 is 0. The Morgan fingerprint density at radius 2 is 1.53 bits per heavy atom. The third kappa shape index (κ3) is 6.30. The lowest BCUT2D eigenvalue weighted by atomic mass is 10.0. The van der Waals surface area contributed by atoms with Crippen LogP contribution >= 0.6 is 0 Å². The summed E-state index contributed by atoms with van der Waals surface area (Å²) in [5.41, 5.74) is 9.16. The standard InChI is InChI=1S/C23H29N3O4/c24-18-7-1-16(2-8-18)5-11-22(29)25-19-9-3-17(4-10-19)6-12-23(30)26-14-13-20(27)21(28)15-26/h1-4,7-10,20-21,27-28H,5-6,11-15,24H2,(H,25,29)/t20-,21+/m0/s1. The number of nitrogens with two attached hydrogens (primary N) is 1. The Morgan fingerprint density at radius 3 is 2.17 bits per heavy atom. The average molecular weight is 412 g/mol. The summed E-state index contributed by atoms with van der Waals surface area (Å²) in [5, 5.41) is 22.2. The molecule has 2 amide bonds. The molecular formula is C23H29N3O4. The predicted molar refractivity (Wildman–Crippen MR) is 116 cm³/mol. The van der Waals surface area contributed by atoms with E-state index in [0.717, 1.165) is 16.8 Å². The summed E-state index contributed by atoms with van der Waals surface area (Å²) in [5.74, 6) is -0.0819. The SMILES string of the molecule is Nc1ccc(CCC(=O)Nc2ccc(CCC(=O)N3CC[C@H](O)[C@H](O)C3)cc2)cc1. The largest absolute Gasteiger partial charge is 0.399 e. The van der Waals surface area contributed by atoms with Gasteiger partial charge in [-0.2, -0.15) is 0 Å². The molecule has 30 heavy (non-hydrogen) atoms. The van der Waals surface area contributed by atoms with Gasteiger partial charge >= 0.3 is 0 Å². The van der Waals surface area contributed by atoms with E-state index >= 15 is 0 Å². The molecule has 0 spiro atoms. The number of hydrogen-bond donors (Lipinski definition) is 4. The van der Waals surface area contributed by atoms with E-state index in [0.29, 0.717) is 44.3 Å². The fraction of sp³-hybridized carbons (Fsp3) is 0.391. The Balaban J connectivity index is 1.41. The zero-order valence-electron chi connectivity index (χ0n) is 17.0. The summed E-state index contributed by atoms with van der Waals surface area (Å²) in [4.78, 5) is 26.1. The number of hydrogen-bond acceptors (Lipinski definition) is 5. The van der Waals surface area contributed by atoms with Crippen LogP contribution in [0.2, 0.25) is 0 Å². The number of nitrogen functional groups attached to an aromatic ring is 1. The molecule has 2 aromatic rings. The van der Waals surface area contributed by atoms with Crippen LogP contribution in [0.1, 0.15) is 30.4 Å². The van der Waals surface area contributed by atoms with Gasteiger partial charge in [-0.05, 0) is 54.7 Å². The van der Waals surface area contributed by atoms with Crippen molar-refractivity contribution < 1.29 is 19.8 Å². The first-order valence-electron chi connectivity index (χ1n) is 10.3. The number of nitrogens with zero attached hydrogens (tertiary/aromatic N) is 1. The fourth-order valence-electron chi connectivity index (χ4n) is 3.48. The summed E-state index contributed by atoms with van der Waals surface area (Å²) in [7, 11) is 0. The lowest BCUT2D eigenvalue weighted by Crippen LogP contribution is -2.49. The van der Waals surface area contributed by atoms with Gasteiger partial charge in [0.05, 0.1) is 12.2 Å². The highest BCUT2D eigenvalue weighted by Gasteiger charge is 2.28. The van der Waals surface area contributed by atoms with Crippen molar-refractivity contribution in [3.8, 4) is 0 Å². The number of piperidine rings is 1. The zero-order valence-corrected chi connectivity index (χ0v) is 17.0. The van der Waals surface area contributed by atoms with Crippen molar-refractivity contribution >= 4 is 23.2 Å². The van der Waals surface area contributed by atoms with Crippen molar-refractivity contribution in [3.05, 3.63) is 59.7 Å². The van der Waals surface area contributed by atoms with Gasteiger partial charge in [0.15, 0.2) is 0 Å². The molecule has 0 bridgehead atoms. The van der Waals surface area contributed by atoms with Crippen LogP contribution in [0.3, 0.4) is 0 Å². The molecule has 160 valence electrons. The van der Waals surface area contributed by atoms with Gasteiger partial charge in [0, 0.05) is 37.3 Å². The molecule has 1 aliphatic heterocycles. The molecule has 0 aliphatic carbocycles. The number of likely N-dealkylation sites (tertiary alicyclic amines) is 1. The molecule has 5 N–H and O–H groups in total. The molecule has 7 nitrogen and oxygen atoms in total. The predicted octanol–water partition coefficient (Wildman–Crippen LogP) is 1.73. The fourth-order valence-corrected chi connectivity index (χ4v) is 3.48. The lowest BCUT2D eigenvalue weighted by molar-refractivity contribution is -0.137. The zero-order chi connectivity index (χ0) is 21.5. The van der Waals surface area contributed by atoms with Crippen molar-refractivity contribution in [2.45, 2.75) is 44.3 Å². The summed E-state index contributed by atoms with van der Waals surface area (Å²) in [6, 6.07) is 15.0. The molecule has 0 radical (unpaired) electrons. The molecule has 0 aromatic heterocycles. The number of carbonyl (C=O) groups is 2. The van der Waals surface area contributed by atoms with Crippen molar-refractivity contribution in [2.24, 2.45) is 0 Å². The van der Waals surface area contributed by atoms with Crippen LogP contribution in [-0.2, 0) is 22.4 Å². The third-order valence-electron chi connectivity index (χ3n) is 5.38. The number of aryl methyl sites for hydroxylation is 2. The van der Waals surface area contributed by atoms with Crippen LogP contribution < -0.4 is 11.1 Å². The number of aliphatic hydroxyl groups excluding tert-OH is 2. The lowest BCUT2D eigenvalue weighted by Gasteiger charge is -2.33. The van der Waals surface area contributed by atoms with E-state index < -0.39 is 12.2 Å². The van der Waals surface area contributed by atoms with Gasteiger partial charge in [-0.25, -0.2) is 0 Å².